The van der Waals surface area contributed by atoms with Gasteiger partial charge in [-0.25, -0.2) is 4.79 Å². The van der Waals surface area contributed by atoms with Crippen LogP contribution in [-0.4, -0.2) is 20.3 Å². The van der Waals surface area contributed by atoms with E-state index in [-0.39, 0.29) is 0 Å². The first-order valence-electron chi connectivity index (χ1n) is 8.38. The number of hydrogen-bond donors (Lipinski definition) is 1. The predicted molar refractivity (Wildman–Crippen MR) is 133 cm³/mol. The zero-order valence-electron chi connectivity index (χ0n) is 16.5. The molecule has 0 saturated heterocycles. The molecular weight excluding hydrogens is 541 g/mol. The third-order valence-electron chi connectivity index (χ3n) is 2.64. The first kappa shape index (κ1) is 32.6. The van der Waals surface area contributed by atoms with Crippen molar-refractivity contribution in [2.24, 2.45) is 0 Å². The number of hydrogen-bond acceptors (Lipinski definition) is 7. The molecule has 0 radical (unpaired) electrons. The number of halogens is 5. The van der Waals surface area contributed by atoms with Gasteiger partial charge in [0.2, 0.25) is 0 Å². The number of para-hydroxylation sites is 3. The first-order valence-corrected chi connectivity index (χ1v) is 10.4. The summed E-state index contributed by atoms with van der Waals surface area (Å²) in [6.45, 7) is 0. The van der Waals surface area contributed by atoms with E-state index < -0.39 is 15.2 Å². The SMILES string of the molecule is ClC(Cl)Cl.O=C(Cl)Cl.O=C(Oc1ccccc1)Oc1ccccc1.O=O.Oc1ccccc1. The lowest BCUT2D eigenvalue weighted by atomic mass is 10.3. The van der Waals surface area contributed by atoms with Crippen LogP contribution in [0.15, 0.2) is 91.0 Å². The molecule has 3 rings (SSSR count). The molecule has 0 aliphatic rings. The Morgan fingerprint density at radius 1 is 0.636 bits per heavy atom. The van der Waals surface area contributed by atoms with Crippen molar-refractivity contribution < 1.29 is 24.2 Å². The Labute approximate surface area is 214 Å². The molecule has 12 heteroatoms. The average Bonchev–Trinajstić information content (AvgIpc) is 2.77. The van der Waals surface area contributed by atoms with E-state index in [2.05, 4.69) is 23.2 Å². The van der Waals surface area contributed by atoms with Crippen LogP contribution < -0.4 is 9.47 Å². The average molecular weight is 559 g/mol. The predicted octanol–water partition coefficient (Wildman–Crippen LogP) is 8.29. The molecule has 3 aromatic carbocycles. The highest BCUT2D eigenvalue weighted by Gasteiger charge is 2.06. The largest absolute Gasteiger partial charge is 0.519 e. The molecule has 7 nitrogen and oxygen atoms in total. The summed E-state index contributed by atoms with van der Waals surface area (Å²) in [6, 6.07) is 26.3. The number of ether oxygens (including phenoxy) is 2. The Morgan fingerprint density at radius 3 is 1.09 bits per heavy atom. The number of alkyl halides is 3. The first-order chi connectivity index (χ1) is 15.7. The Kier molecular flexibility index (Phi) is 22.4. The van der Waals surface area contributed by atoms with Crippen molar-refractivity contribution in [3.8, 4) is 17.2 Å². The maximum atomic E-state index is 11.3. The standard InChI is InChI=1S/C13H10O3.C6H6O.CHCl3.CCl2O.O2/c14-13(15-11-7-3-1-4-8-11)16-12-9-5-2-6-10-12;7-6-4-2-1-3-5-6;2*2-1(3)4;1-2/h1-10H;1-5,7H;1H;;. The lowest BCUT2D eigenvalue weighted by Gasteiger charge is -2.04. The van der Waals surface area contributed by atoms with Crippen LogP contribution in [0.5, 0.6) is 17.2 Å². The number of rotatable bonds is 2. The van der Waals surface area contributed by atoms with Crippen molar-refractivity contribution in [1.29, 1.82) is 0 Å². The Balaban J connectivity index is 0. The van der Waals surface area contributed by atoms with Crippen molar-refractivity contribution in [2.45, 2.75) is 4.30 Å². The summed E-state index contributed by atoms with van der Waals surface area (Å²) in [6.07, 6.45) is -0.739. The number of carbonyl (C=O) groups excluding carboxylic acids is 2. The van der Waals surface area contributed by atoms with Crippen molar-refractivity contribution in [1.82, 2.24) is 0 Å². The molecular formula is C21H17Cl5O7. The fraction of sp³-hybridized carbons (Fsp3) is 0.0476. The van der Waals surface area contributed by atoms with Crippen LogP contribution in [0.2, 0.25) is 0 Å². The van der Waals surface area contributed by atoms with Gasteiger partial charge >= 0.3 is 10.9 Å². The van der Waals surface area contributed by atoms with Gasteiger partial charge in [-0.3, -0.25) is 4.79 Å². The Morgan fingerprint density at radius 2 is 0.879 bits per heavy atom. The molecule has 0 unspecified atom stereocenters. The van der Waals surface area contributed by atoms with E-state index in [9.17, 15) is 4.79 Å². The number of phenols is 1. The maximum Gasteiger partial charge on any atom is 0.519 e. The fourth-order valence-electron chi connectivity index (χ4n) is 1.62. The minimum atomic E-state index is -0.889. The zero-order valence-corrected chi connectivity index (χ0v) is 20.3. The Bertz CT molecular complexity index is 820. The molecule has 1 N–H and O–H groups in total. The number of phenolic OH excluding ortho intramolecular Hbond substituents is 1. The van der Waals surface area contributed by atoms with Crippen LogP contribution in [0, 0.1) is 9.93 Å². The second-order valence-electron chi connectivity index (χ2n) is 4.89. The summed E-state index contributed by atoms with van der Waals surface area (Å²) in [5, 5.41) is 8.63. The third-order valence-corrected chi connectivity index (χ3v) is 2.64. The normalized spacial score (nSPS) is 8.42. The highest BCUT2D eigenvalue weighted by Crippen LogP contribution is 2.12. The van der Waals surface area contributed by atoms with Gasteiger partial charge in [0, 0.05) is 9.93 Å². The molecule has 0 aliphatic heterocycles. The van der Waals surface area contributed by atoms with E-state index in [0.717, 1.165) is 0 Å². The van der Waals surface area contributed by atoms with Gasteiger partial charge in [-0.2, -0.15) is 0 Å². The third kappa shape index (κ3) is 25.6. The molecule has 0 heterocycles. The maximum absolute atomic E-state index is 11.3. The summed E-state index contributed by atoms with van der Waals surface area (Å²) in [5.41, 5.74) is 0. The monoisotopic (exact) mass is 556 g/mol. The number of aromatic hydroxyl groups is 1. The van der Waals surface area contributed by atoms with Crippen molar-refractivity contribution in [3.63, 3.8) is 0 Å². The van der Waals surface area contributed by atoms with Gasteiger partial charge in [-0.15, -0.1) is 0 Å². The van der Waals surface area contributed by atoms with Crippen LogP contribution in [-0.2, 0) is 0 Å². The smallest absolute Gasteiger partial charge is 0.508 e. The van der Waals surface area contributed by atoms with Crippen molar-refractivity contribution >= 4 is 68.9 Å². The van der Waals surface area contributed by atoms with Crippen molar-refractivity contribution in [3.05, 3.63) is 101 Å². The fourth-order valence-corrected chi connectivity index (χ4v) is 1.62. The van der Waals surface area contributed by atoms with E-state index in [1.165, 1.54) is 0 Å². The minimum Gasteiger partial charge on any atom is -0.508 e. The summed E-state index contributed by atoms with van der Waals surface area (Å²) < 4.78 is 8.28. The molecule has 0 aliphatic carbocycles. The van der Waals surface area contributed by atoms with Gasteiger partial charge in [0.05, 0.1) is 0 Å². The van der Waals surface area contributed by atoms with E-state index in [0.29, 0.717) is 17.2 Å². The van der Waals surface area contributed by atoms with Gasteiger partial charge in [0.15, 0.2) is 4.30 Å². The molecule has 0 atom stereocenters. The van der Waals surface area contributed by atoms with E-state index in [1.54, 1.807) is 72.8 Å². The van der Waals surface area contributed by atoms with Gasteiger partial charge in [0.25, 0.3) is 0 Å². The highest BCUT2D eigenvalue weighted by atomic mass is 35.6. The minimum absolute atomic E-state index is 0.322. The molecule has 33 heavy (non-hydrogen) atoms. The Hall–Kier alpha value is -2.55. The summed E-state index contributed by atoms with van der Waals surface area (Å²) in [5.74, 6) is 1.24. The number of carbonyl (C=O) groups is 2. The van der Waals surface area contributed by atoms with Crippen LogP contribution in [0.25, 0.3) is 0 Å². The van der Waals surface area contributed by atoms with Crippen LogP contribution in [0.3, 0.4) is 0 Å². The second-order valence-corrected chi connectivity index (χ2v) is 7.75. The summed E-state index contributed by atoms with van der Waals surface area (Å²) in [7, 11) is 0. The van der Waals surface area contributed by atoms with Crippen LogP contribution >= 0.6 is 58.0 Å². The van der Waals surface area contributed by atoms with E-state index in [4.69, 9.17) is 64.1 Å². The van der Waals surface area contributed by atoms with Gasteiger partial charge in [0.1, 0.15) is 17.2 Å². The summed E-state index contributed by atoms with van der Waals surface area (Å²) in [4.78, 5) is 34.3. The zero-order chi connectivity index (χ0) is 25.5. The lowest BCUT2D eigenvalue weighted by molar-refractivity contribution is 0.152. The lowest BCUT2D eigenvalue weighted by Crippen LogP contribution is -2.13. The summed E-state index contributed by atoms with van der Waals surface area (Å²) >= 11 is 23.2. The molecule has 178 valence electrons. The quantitative estimate of drug-likeness (QED) is 0.146. The molecule has 0 aromatic heterocycles. The van der Waals surface area contributed by atoms with Crippen LogP contribution in [0.1, 0.15) is 0 Å². The molecule has 0 amide bonds. The topological polar surface area (TPSA) is 107 Å². The van der Waals surface area contributed by atoms with Crippen molar-refractivity contribution in [2.75, 3.05) is 0 Å². The molecule has 0 saturated carbocycles. The van der Waals surface area contributed by atoms with E-state index >= 15 is 0 Å². The second kappa shape index (κ2) is 22.6. The van der Waals surface area contributed by atoms with Crippen LogP contribution in [0.4, 0.5) is 9.59 Å². The van der Waals surface area contributed by atoms with Gasteiger partial charge in [-0.1, -0.05) is 89.4 Å². The highest BCUT2D eigenvalue weighted by molar-refractivity contribution is 6.93. The van der Waals surface area contributed by atoms with Gasteiger partial charge < -0.3 is 14.6 Å². The van der Waals surface area contributed by atoms with Gasteiger partial charge in [-0.05, 0) is 59.6 Å². The van der Waals surface area contributed by atoms with E-state index in [1.807, 2.05) is 18.2 Å². The molecule has 0 fully saturated rings. The molecule has 3 aromatic rings. The molecule has 0 spiro atoms. The number of benzene rings is 3. The molecule has 0 bridgehead atoms.